The van der Waals surface area contributed by atoms with E-state index in [0.29, 0.717) is 25.1 Å². The van der Waals surface area contributed by atoms with Gasteiger partial charge in [-0.05, 0) is 45.2 Å². The molecule has 5 N–H and O–H groups in total. The number of carbonyl (C=O) groups is 2. The van der Waals surface area contributed by atoms with Crippen molar-refractivity contribution in [3.05, 3.63) is 30.3 Å². The summed E-state index contributed by atoms with van der Waals surface area (Å²) in [4.78, 5) is 23.7. The molecule has 4 amide bonds. The molecule has 27 heavy (non-hydrogen) atoms. The number of urea groups is 2. The lowest BCUT2D eigenvalue weighted by atomic mass is 9.97. The first kappa shape index (κ1) is 21.0. The molecular weight excluding hydrogens is 348 g/mol. The molecule has 1 heterocycles. The Morgan fingerprint density at radius 2 is 1.93 bits per heavy atom. The summed E-state index contributed by atoms with van der Waals surface area (Å²) < 4.78 is 5.90. The van der Waals surface area contributed by atoms with Gasteiger partial charge in [-0.1, -0.05) is 18.2 Å². The van der Waals surface area contributed by atoms with Gasteiger partial charge in [-0.15, -0.1) is 0 Å². The molecule has 150 valence electrons. The summed E-state index contributed by atoms with van der Waals surface area (Å²) in [6.45, 7) is 4.12. The molecule has 0 saturated carbocycles. The number of aliphatic hydroxyl groups excluding tert-OH is 1. The average Bonchev–Trinajstić information content (AvgIpc) is 2.63. The number of aliphatic hydroxyl groups is 1. The molecule has 8 nitrogen and oxygen atoms in total. The van der Waals surface area contributed by atoms with Crippen LogP contribution >= 0.6 is 0 Å². The van der Waals surface area contributed by atoms with E-state index >= 15 is 0 Å². The van der Waals surface area contributed by atoms with Crippen LogP contribution in [0.5, 0.6) is 0 Å². The number of hydrogen-bond acceptors (Lipinski definition) is 4. The van der Waals surface area contributed by atoms with Gasteiger partial charge in [0.1, 0.15) is 6.10 Å². The fourth-order valence-electron chi connectivity index (χ4n) is 3.03. The maximum absolute atomic E-state index is 12.1. The van der Waals surface area contributed by atoms with Crippen LogP contribution < -0.4 is 21.3 Å². The summed E-state index contributed by atoms with van der Waals surface area (Å²) in [7, 11) is 0. The Bertz CT molecular complexity index is 597. The second-order valence-corrected chi connectivity index (χ2v) is 6.97. The number of rotatable bonds is 7. The van der Waals surface area contributed by atoms with Gasteiger partial charge in [0, 0.05) is 18.3 Å². The third-order valence-corrected chi connectivity index (χ3v) is 4.32. The van der Waals surface area contributed by atoms with Crippen molar-refractivity contribution in [1.29, 1.82) is 0 Å². The fourth-order valence-corrected chi connectivity index (χ4v) is 3.03. The Balaban J connectivity index is 1.73. The number of amides is 4. The Morgan fingerprint density at radius 3 is 2.59 bits per heavy atom. The predicted molar refractivity (Wildman–Crippen MR) is 104 cm³/mol. The number of nitrogens with one attached hydrogen (secondary N) is 4. The molecular formula is C19H30N4O4. The van der Waals surface area contributed by atoms with Crippen LogP contribution in [0.1, 0.15) is 33.1 Å². The zero-order valence-electron chi connectivity index (χ0n) is 15.9. The minimum Gasteiger partial charge on any atom is -0.394 e. The Morgan fingerprint density at radius 1 is 1.19 bits per heavy atom. The Kier molecular flexibility index (Phi) is 8.35. The average molecular weight is 378 g/mol. The highest BCUT2D eigenvalue weighted by Crippen LogP contribution is 2.21. The first-order valence-electron chi connectivity index (χ1n) is 9.41. The van der Waals surface area contributed by atoms with Gasteiger partial charge < -0.3 is 31.1 Å². The molecule has 1 fully saturated rings. The van der Waals surface area contributed by atoms with Crippen LogP contribution in [0.2, 0.25) is 0 Å². The zero-order valence-corrected chi connectivity index (χ0v) is 15.9. The van der Waals surface area contributed by atoms with Crippen LogP contribution in [-0.4, -0.2) is 54.6 Å². The van der Waals surface area contributed by atoms with Gasteiger partial charge in [0.2, 0.25) is 0 Å². The van der Waals surface area contributed by atoms with Gasteiger partial charge in [0.15, 0.2) is 0 Å². The minimum absolute atomic E-state index is 0.0586. The van der Waals surface area contributed by atoms with E-state index in [9.17, 15) is 14.7 Å². The van der Waals surface area contributed by atoms with E-state index in [1.165, 1.54) is 0 Å². The van der Waals surface area contributed by atoms with Crippen molar-refractivity contribution in [3.63, 3.8) is 0 Å². The number of ether oxygens (including phenoxy) is 1. The highest BCUT2D eigenvalue weighted by Gasteiger charge is 2.31. The molecule has 1 aromatic carbocycles. The number of hydrogen-bond donors (Lipinski definition) is 5. The van der Waals surface area contributed by atoms with Gasteiger partial charge in [-0.2, -0.15) is 0 Å². The molecule has 8 heteroatoms. The minimum atomic E-state index is -0.463. The maximum Gasteiger partial charge on any atom is 0.319 e. The molecule has 0 aromatic heterocycles. The number of para-hydroxylation sites is 1. The van der Waals surface area contributed by atoms with E-state index in [1.54, 1.807) is 12.1 Å². The third kappa shape index (κ3) is 7.44. The Hall–Kier alpha value is -2.32. The second kappa shape index (κ2) is 10.7. The number of benzene rings is 1. The topological polar surface area (TPSA) is 112 Å². The lowest BCUT2D eigenvalue weighted by Gasteiger charge is -2.36. The first-order valence-corrected chi connectivity index (χ1v) is 9.41. The van der Waals surface area contributed by atoms with Crippen molar-refractivity contribution in [2.45, 2.75) is 57.4 Å². The zero-order chi connectivity index (χ0) is 19.6. The highest BCUT2D eigenvalue weighted by atomic mass is 16.5. The summed E-state index contributed by atoms with van der Waals surface area (Å²) >= 11 is 0. The summed E-state index contributed by atoms with van der Waals surface area (Å²) in [5.74, 6) is 0. The Labute approximate surface area is 160 Å². The maximum atomic E-state index is 12.1. The SMILES string of the molecule is CC(C)NC(=O)NCC[C@H]1CC[C@@H](NC(=O)Nc2ccccc2)[C@H](CO)O1. The normalized spacial score (nSPS) is 22.1. The summed E-state index contributed by atoms with van der Waals surface area (Å²) in [6, 6.07) is 8.48. The molecule has 0 unspecified atom stereocenters. The van der Waals surface area contributed by atoms with E-state index in [2.05, 4.69) is 21.3 Å². The number of anilines is 1. The van der Waals surface area contributed by atoms with Crippen LogP contribution in [0.15, 0.2) is 30.3 Å². The monoisotopic (exact) mass is 378 g/mol. The van der Waals surface area contributed by atoms with Gasteiger partial charge >= 0.3 is 12.1 Å². The number of carbonyl (C=O) groups excluding carboxylic acids is 2. The molecule has 1 saturated heterocycles. The van der Waals surface area contributed by atoms with Crippen molar-refractivity contribution in [1.82, 2.24) is 16.0 Å². The van der Waals surface area contributed by atoms with Crippen LogP contribution in [0.3, 0.4) is 0 Å². The van der Waals surface area contributed by atoms with Crippen LogP contribution in [0.25, 0.3) is 0 Å². The molecule has 1 aliphatic rings. The van der Waals surface area contributed by atoms with Gasteiger partial charge in [0.05, 0.1) is 18.8 Å². The van der Waals surface area contributed by atoms with E-state index in [-0.39, 0.29) is 36.9 Å². The van der Waals surface area contributed by atoms with Crippen molar-refractivity contribution in [3.8, 4) is 0 Å². The molecule has 0 bridgehead atoms. The van der Waals surface area contributed by atoms with Crippen LogP contribution in [0, 0.1) is 0 Å². The van der Waals surface area contributed by atoms with E-state index < -0.39 is 6.10 Å². The quantitative estimate of drug-likeness (QED) is 0.498. The van der Waals surface area contributed by atoms with Crippen molar-refractivity contribution in [2.75, 3.05) is 18.5 Å². The van der Waals surface area contributed by atoms with Gasteiger partial charge in [-0.25, -0.2) is 9.59 Å². The third-order valence-electron chi connectivity index (χ3n) is 4.32. The summed E-state index contributed by atoms with van der Waals surface area (Å²) in [6.07, 6.45) is 1.59. The van der Waals surface area contributed by atoms with E-state index in [4.69, 9.17) is 4.74 Å². The van der Waals surface area contributed by atoms with Crippen LogP contribution in [0.4, 0.5) is 15.3 Å². The molecule has 3 atom stereocenters. The lowest BCUT2D eigenvalue weighted by Crippen LogP contribution is -2.52. The summed E-state index contributed by atoms with van der Waals surface area (Å²) in [5, 5.41) is 20.8. The summed E-state index contributed by atoms with van der Waals surface area (Å²) in [5.41, 5.74) is 0.705. The highest BCUT2D eigenvalue weighted by molar-refractivity contribution is 5.89. The predicted octanol–water partition coefficient (Wildman–Crippen LogP) is 1.81. The van der Waals surface area contributed by atoms with Gasteiger partial charge in [-0.3, -0.25) is 0 Å². The molecule has 0 radical (unpaired) electrons. The van der Waals surface area contributed by atoms with E-state index in [0.717, 1.165) is 6.42 Å². The smallest absolute Gasteiger partial charge is 0.319 e. The van der Waals surface area contributed by atoms with E-state index in [1.807, 2.05) is 32.0 Å². The lowest BCUT2D eigenvalue weighted by molar-refractivity contribution is -0.0885. The van der Waals surface area contributed by atoms with Crippen molar-refractivity contribution < 1.29 is 19.4 Å². The molecule has 0 spiro atoms. The first-order chi connectivity index (χ1) is 13.0. The molecule has 0 aliphatic carbocycles. The van der Waals surface area contributed by atoms with Gasteiger partial charge in [0.25, 0.3) is 0 Å². The molecule has 2 rings (SSSR count). The molecule has 1 aliphatic heterocycles. The largest absolute Gasteiger partial charge is 0.394 e. The van der Waals surface area contributed by atoms with Crippen molar-refractivity contribution in [2.24, 2.45) is 0 Å². The van der Waals surface area contributed by atoms with Crippen LogP contribution in [-0.2, 0) is 4.74 Å². The second-order valence-electron chi connectivity index (χ2n) is 6.97. The molecule has 1 aromatic rings. The fraction of sp³-hybridized carbons (Fsp3) is 0.579. The van der Waals surface area contributed by atoms with Crippen molar-refractivity contribution >= 4 is 17.7 Å². The standard InChI is InChI=1S/C19H30N4O4/c1-13(2)21-18(25)20-11-10-15-8-9-16(17(12-24)27-15)23-19(26)22-14-6-4-3-5-7-14/h3-7,13,15-17,24H,8-12H2,1-2H3,(H2,20,21,25)(H2,22,23,26)/t15-,16-,17+/m1/s1.